The van der Waals surface area contributed by atoms with Crippen molar-refractivity contribution in [3.05, 3.63) is 23.3 Å². The third-order valence-electron chi connectivity index (χ3n) is 6.92. The van der Waals surface area contributed by atoms with Crippen molar-refractivity contribution >= 4 is 56.1 Å². The van der Waals surface area contributed by atoms with Crippen LogP contribution in [0.15, 0.2) is 18.5 Å². The largest absolute Gasteiger partial charge is 0.378 e. The van der Waals surface area contributed by atoms with Gasteiger partial charge in [0.15, 0.2) is 16.8 Å². The molecule has 13 heteroatoms. The Morgan fingerprint density at radius 3 is 2.54 bits per heavy atom. The van der Waals surface area contributed by atoms with E-state index in [-0.39, 0.29) is 22.9 Å². The van der Waals surface area contributed by atoms with Crippen molar-refractivity contribution in [2.24, 2.45) is 5.92 Å². The summed E-state index contributed by atoms with van der Waals surface area (Å²) in [5.74, 6) is 2.31. The van der Waals surface area contributed by atoms with Crippen molar-refractivity contribution in [3.8, 4) is 11.4 Å². The van der Waals surface area contributed by atoms with Gasteiger partial charge in [-0.1, -0.05) is 11.8 Å². The number of nitrogens with two attached hydrogens (primary N) is 1. The average molecular weight is 541 g/mol. The van der Waals surface area contributed by atoms with Crippen LogP contribution in [0.2, 0.25) is 0 Å². The van der Waals surface area contributed by atoms with Crippen LogP contribution in [0.4, 0.5) is 11.8 Å². The molecule has 0 saturated carbocycles. The number of amides is 1. The van der Waals surface area contributed by atoms with Crippen LogP contribution in [0.1, 0.15) is 11.3 Å². The fraction of sp³-hybridized carbons (Fsp3) is 0.500. The van der Waals surface area contributed by atoms with E-state index in [9.17, 15) is 9.59 Å². The van der Waals surface area contributed by atoms with Gasteiger partial charge in [-0.05, 0) is 6.07 Å². The van der Waals surface area contributed by atoms with Crippen LogP contribution < -0.4 is 10.6 Å². The third kappa shape index (κ3) is 5.26. The molecule has 3 fully saturated rings. The molecular weight excluding hydrogens is 512 g/mol. The maximum atomic E-state index is 12.8. The molecule has 11 nitrogen and oxygen atoms in total. The van der Waals surface area contributed by atoms with E-state index in [2.05, 4.69) is 25.8 Å². The highest BCUT2D eigenvalue weighted by Gasteiger charge is 2.33. The van der Waals surface area contributed by atoms with Crippen LogP contribution in [0, 0.1) is 5.92 Å². The van der Waals surface area contributed by atoms with Crippen molar-refractivity contribution in [1.82, 2.24) is 29.7 Å². The van der Waals surface area contributed by atoms with E-state index in [0.717, 1.165) is 54.3 Å². The molecule has 2 N–H and O–H groups in total. The van der Waals surface area contributed by atoms with Crippen LogP contribution in [-0.2, 0) is 20.9 Å². The van der Waals surface area contributed by atoms with Gasteiger partial charge >= 0.3 is 0 Å². The van der Waals surface area contributed by atoms with E-state index in [1.165, 1.54) is 16.6 Å². The molecule has 3 aliphatic heterocycles. The quantitative estimate of drug-likeness (QED) is 0.505. The Bertz CT molecular complexity index is 1300. The number of nitrogen functional groups attached to an aromatic ring is 1. The summed E-state index contributed by atoms with van der Waals surface area (Å²) in [4.78, 5) is 50.1. The number of piperazine rings is 1. The Morgan fingerprint density at radius 1 is 1.08 bits per heavy atom. The number of aromatic nitrogens is 4. The fourth-order valence-electron chi connectivity index (χ4n) is 4.89. The van der Waals surface area contributed by atoms with Gasteiger partial charge in [-0.25, -0.2) is 19.9 Å². The van der Waals surface area contributed by atoms with Gasteiger partial charge in [-0.3, -0.25) is 14.5 Å². The minimum absolute atomic E-state index is 0.129. The standard InChI is InChI=1S/C24H28N8O3S2/c25-24-26-11-16(12-27-24)21-28-18-10-17(37-20(18)22(29-21)31-5-7-35-8-6-31)13-30-1-3-32(4-2-30)23(34)15-9-19(33)36-14-15/h10-12,15H,1-9,13-14H2,(H2,25,26,27). The normalized spacial score (nSPS) is 21.2. The van der Waals surface area contributed by atoms with E-state index in [1.807, 2.05) is 4.90 Å². The molecule has 0 spiro atoms. The molecular formula is C24H28N8O3S2. The van der Waals surface area contributed by atoms with Gasteiger partial charge < -0.3 is 20.3 Å². The summed E-state index contributed by atoms with van der Waals surface area (Å²) in [6.45, 7) is 6.69. The van der Waals surface area contributed by atoms with Gasteiger partial charge in [0.25, 0.3) is 0 Å². The first kappa shape index (κ1) is 24.5. The van der Waals surface area contributed by atoms with Gasteiger partial charge in [0.1, 0.15) is 0 Å². The van der Waals surface area contributed by atoms with E-state index in [0.29, 0.717) is 44.3 Å². The van der Waals surface area contributed by atoms with Gasteiger partial charge in [0.05, 0.1) is 34.9 Å². The molecule has 0 aliphatic carbocycles. The van der Waals surface area contributed by atoms with E-state index in [4.69, 9.17) is 20.4 Å². The molecule has 0 radical (unpaired) electrons. The first-order valence-corrected chi connectivity index (χ1v) is 14.2. The SMILES string of the molecule is Nc1ncc(-c2nc(N3CCOCC3)c3sc(CN4CCN(C(=O)C5CSC(=O)C5)CC4)cc3n2)cn1. The number of carbonyl (C=O) groups is 2. The Labute approximate surface area is 222 Å². The van der Waals surface area contributed by atoms with Crippen molar-refractivity contribution in [1.29, 1.82) is 0 Å². The number of fused-ring (bicyclic) bond motifs is 1. The fourth-order valence-corrected chi connectivity index (χ4v) is 7.01. The van der Waals surface area contributed by atoms with Crippen LogP contribution in [0.3, 0.4) is 0 Å². The first-order valence-electron chi connectivity index (χ1n) is 12.4. The lowest BCUT2D eigenvalue weighted by Gasteiger charge is -2.35. The van der Waals surface area contributed by atoms with Gasteiger partial charge in [-0.15, -0.1) is 11.3 Å². The molecule has 3 aromatic heterocycles. The second kappa shape index (κ2) is 10.5. The van der Waals surface area contributed by atoms with Crippen molar-refractivity contribution in [2.75, 3.05) is 68.9 Å². The number of ether oxygens (including phenoxy) is 1. The number of hydrogen-bond acceptors (Lipinski definition) is 12. The van der Waals surface area contributed by atoms with Crippen molar-refractivity contribution in [2.45, 2.75) is 13.0 Å². The Kier molecular flexibility index (Phi) is 6.93. The number of thioether (sulfide) groups is 1. The van der Waals surface area contributed by atoms with Gasteiger partial charge in [-0.2, -0.15) is 0 Å². The molecule has 0 bridgehead atoms. The lowest BCUT2D eigenvalue weighted by molar-refractivity contribution is -0.137. The van der Waals surface area contributed by atoms with Gasteiger partial charge in [0, 0.05) is 75.3 Å². The zero-order chi connectivity index (χ0) is 25.4. The molecule has 0 aromatic carbocycles. The van der Waals surface area contributed by atoms with Crippen LogP contribution in [0.25, 0.3) is 21.6 Å². The molecule has 37 heavy (non-hydrogen) atoms. The molecule has 6 rings (SSSR count). The number of rotatable bonds is 5. The number of morpholine rings is 1. The lowest BCUT2D eigenvalue weighted by atomic mass is 10.1. The van der Waals surface area contributed by atoms with Crippen LogP contribution >= 0.6 is 23.1 Å². The summed E-state index contributed by atoms with van der Waals surface area (Å²) in [6, 6.07) is 2.15. The minimum atomic E-state index is -0.149. The van der Waals surface area contributed by atoms with Crippen molar-refractivity contribution < 1.29 is 14.3 Å². The number of carbonyl (C=O) groups excluding carboxylic acids is 2. The zero-order valence-electron chi connectivity index (χ0n) is 20.3. The zero-order valence-corrected chi connectivity index (χ0v) is 22.0. The molecule has 1 atom stereocenters. The van der Waals surface area contributed by atoms with E-state index in [1.54, 1.807) is 23.7 Å². The summed E-state index contributed by atoms with van der Waals surface area (Å²) >= 11 is 3.01. The molecule has 3 aromatic rings. The Morgan fingerprint density at radius 2 is 1.84 bits per heavy atom. The molecule has 6 heterocycles. The Balaban J connectivity index is 1.20. The monoisotopic (exact) mass is 540 g/mol. The predicted molar refractivity (Wildman–Crippen MR) is 143 cm³/mol. The molecule has 1 unspecified atom stereocenters. The molecule has 3 aliphatic rings. The number of thiophene rings is 1. The average Bonchev–Trinajstić information content (AvgIpc) is 3.54. The first-order chi connectivity index (χ1) is 18.0. The highest BCUT2D eigenvalue weighted by atomic mass is 32.2. The topological polar surface area (TPSA) is 131 Å². The maximum absolute atomic E-state index is 12.8. The maximum Gasteiger partial charge on any atom is 0.227 e. The highest BCUT2D eigenvalue weighted by molar-refractivity contribution is 8.14. The molecule has 194 valence electrons. The summed E-state index contributed by atoms with van der Waals surface area (Å²) < 4.78 is 6.63. The number of hydrogen-bond donors (Lipinski definition) is 1. The summed E-state index contributed by atoms with van der Waals surface area (Å²) in [5.41, 5.74) is 7.30. The van der Waals surface area contributed by atoms with E-state index >= 15 is 0 Å². The van der Waals surface area contributed by atoms with Crippen LogP contribution in [0.5, 0.6) is 0 Å². The summed E-state index contributed by atoms with van der Waals surface area (Å²) in [6.07, 6.45) is 3.68. The lowest BCUT2D eigenvalue weighted by Crippen LogP contribution is -2.50. The highest BCUT2D eigenvalue weighted by Crippen LogP contribution is 2.35. The molecule has 1 amide bonds. The van der Waals surface area contributed by atoms with Crippen LogP contribution in [-0.4, -0.2) is 99.0 Å². The number of anilines is 2. The number of nitrogens with zero attached hydrogens (tertiary/aromatic N) is 7. The van der Waals surface area contributed by atoms with Gasteiger partial charge in [0.2, 0.25) is 11.9 Å². The summed E-state index contributed by atoms with van der Waals surface area (Å²) in [7, 11) is 0. The predicted octanol–water partition coefficient (Wildman–Crippen LogP) is 1.49. The smallest absolute Gasteiger partial charge is 0.227 e. The van der Waals surface area contributed by atoms with Crippen molar-refractivity contribution in [3.63, 3.8) is 0 Å². The minimum Gasteiger partial charge on any atom is -0.378 e. The molecule has 3 saturated heterocycles. The van der Waals surface area contributed by atoms with E-state index < -0.39 is 0 Å². The third-order valence-corrected chi connectivity index (χ3v) is 9.08. The Hall–Kier alpha value is -2.87. The summed E-state index contributed by atoms with van der Waals surface area (Å²) in [5, 5.41) is 0.133. The second-order valence-corrected chi connectivity index (χ2v) is 11.6. The second-order valence-electron chi connectivity index (χ2n) is 9.41.